The molecule has 10 heteroatoms. The molecule has 0 aromatic carbocycles. The van der Waals surface area contributed by atoms with Gasteiger partial charge in [0.15, 0.2) is 12.4 Å². The molecule has 0 aliphatic carbocycles. The predicted molar refractivity (Wildman–Crippen MR) is 243 cm³/mol. The highest BCUT2D eigenvalue weighted by molar-refractivity contribution is 5.70. The van der Waals surface area contributed by atoms with Gasteiger partial charge in [0, 0.05) is 12.8 Å². The molecule has 0 radical (unpaired) electrons. The van der Waals surface area contributed by atoms with Gasteiger partial charge in [-0.05, 0) is 38.5 Å². The van der Waals surface area contributed by atoms with Crippen LogP contribution in [-0.2, 0) is 28.5 Å². The Balaban J connectivity index is 2.25. The Labute approximate surface area is 367 Å². The molecule has 1 fully saturated rings. The van der Waals surface area contributed by atoms with E-state index in [1.807, 2.05) is 0 Å². The Bertz CT molecular complexity index is 990. The quantitative estimate of drug-likeness (QED) is 0.0265. The monoisotopic (exact) mass is 855 g/mol. The van der Waals surface area contributed by atoms with Crippen LogP contribution in [0.5, 0.6) is 0 Å². The van der Waals surface area contributed by atoms with Crippen molar-refractivity contribution in [2.75, 3.05) is 19.8 Å². The number of carbonyl (C=O) groups is 2. The molecule has 2 unspecified atom stereocenters. The van der Waals surface area contributed by atoms with Crippen molar-refractivity contribution in [1.82, 2.24) is 0 Å². The van der Waals surface area contributed by atoms with Gasteiger partial charge in [-0.1, -0.05) is 199 Å². The molecule has 1 heterocycles. The standard InChI is InChI=1S/C50H94O10/c1-3-5-7-9-11-13-15-17-19-20-21-22-23-25-26-28-30-32-34-36-38-45(52)57-41-43(42-58-50-49(56)48(55)47(54)44(40-51)60-50)59-46(53)39-37-35-33-31-29-27-24-18-16-14-12-10-8-6-4-2/h18,24,43-44,47-51,54-56H,3-17,19-23,25-42H2,1-2H3/b24-18+/t43-,44-,47+,48?,49?,50-/m0/s1. The number of hydrogen-bond acceptors (Lipinski definition) is 10. The van der Waals surface area contributed by atoms with Gasteiger partial charge >= 0.3 is 11.9 Å². The lowest BCUT2D eigenvalue weighted by Crippen LogP contribution is -2.59. The third kappa shape index (κ3) is 32.2. The summed E-state index contributed by atoms with van der Waals surface area (Å²) in [4.78, 5) is 25.4. The van der Waals surface area contributed by atoms with E-state index in [4.69, 9.17) is 18.9 Å². The van der Waals surface area contributed by atoms with Crippen LogP contribution in [0.4, 0.5) is 0 Å². The van der Waals surface area contributed by atoms with Crippen molar-refractivity contribution in [2.24, 2.45) is 0 Å². The van der Waals surface area contributed by atoms with Crippen molar-refractivity contribution >= 4 is 11.9 Å². The summed E-state index contributed by atoms with van der Waals surface area (Å²) in [5.74, 6) is -0.802. The number of unbranched alkanes of at least 4 members (excludes halogenated alkanes) is 30. The van der Waals surface area contributed by atoms with Gasteiger partial charge < -0.3 is 39.4 Å². The number of aliphatic hydroxyl groups excluding tert-OH is 4. The number of rotatable bonds is 43. The van der Waals surface area contributed by atoms with Crippen LogP contribution in [0.1, 0.15) is 239 Å². The first-order chi connectivity index (χ1) is 29.3. The average molecular weight is 855 g/mol. The van der Waals surface area contributed by atoms with Crippen molar-refractivity contribution in [2.45, 2.75) is 275 Å². The fraction of sp³-hybridized carbons (Fsp3) is 0.920. The molecule has 0 bridgehead atoms. The van der Waals surface area contributed by atoms with E-state index in [1.165, 1.54) is 154 Å². The lowest BCUT2D eigenvalue weighted by atomic mass is 9.99. The van der Waals surface area contributed by atoms with Crippen molar-refractivity contribution in [3.8, 4) is 0 Å². The van der Waals surface area contributed by atoms with E-state index < -0.39 is 49.4 Å². The van der Waals surface area contributed by atoms with Gasteiger partial charge in [0.05, 0.1) is 13.2 Å². The highest BCUT2D eigenvalue weighted by Crippen LogP contribution is 2.23. The molecule has 0 amide bonds. The minimum atomic E-state index is -1.59. The molecule has 0 aromatic heterocycles. The summed E-state index contributed by atoms with van der Waals surface area (Å²) in [6.07, 6.45) is 37.9. The Kier molecular flexibility index (Phi) is 39.0. The predicted octanol–water partition coefficient (Wildman–Crippen LogP) is 11.5. The minimum Gasteiger partial charge on any atom is -0.462 e. The van der Waals surface area contributed by atoms with Crippen LogP contribution >= 0.6 is 0 Å². The second-order valence-corrected chi connectivity index (χ2v) is 17.6. The molecule has 354 valence electrons. The van der Waals surface area contributed by atoms with Crippen LogP contribution in [0, 0.1) is 0 Å². The van der Waals surface area contributed by atoms with Gasteiger partial charge in [-0.25, -0.2) is 0 Å². The second kappa shape index (κ2) is 41.5. The van der Waals surface area contributed by atoms with Crippen LogP contribution in [0.25, 0.3) is 0 Å². The first kappa shape index (κ1) is 56.5. The van der Waals surface area contributed by atoms with Crippen molar-refractivity contribution in [1.29, 1.82) is 0 Å². The zero-order valence-electron chi connectivity index (χ0n) is 38.7. The molecule has 4 N–H and O–H groups in total. The van der Waals surface area contributed by atoms with Gasteiger partial charge in [-0.3, -0.25) is 9.59 Å². The molecule has 1 rings (SSSR count). The van der Waals surface area contributed by atoms with Crippen LogP contribution in [0.2, 0.25) is 0 Å². The SMILES string of the molecule is CCCCCCCC/C=C/CCCCCCCC(=O)O[C@@H](COC(=O)CCCCCCCCCCCCCCCCCCCCCC)CO[C@H]1O[C@@H](CO)[C@@H](O)C(O)C1O. The van der Waals surface area contributed by atoms with Crippen LogP contribution < -0.4 is 0 Å². The Morgan fingerprint density at radius 3 is 1.30 bits per heavy atom. The summed E-state index contributed by atoms with van der Waals surface area (Å²) in [5, 5.41) is 40.2. The van der Waals surface area contributed by atoms with Gasteiger partial charge in [0.1, 0.15) is 31.0 Å². The molecule has 10 nitrogen and oxygen atoms in total. The van der Waals surface area contributed by atoms with E-state index in [9.17, 15) is 30.0 Å². The normalized spacial score (nSPS) is 19.9. The number of esters is 2. The van der Waals surface area contributed by atoms with E-state index in [1.54, 1.807) is 0 Å². The fourth-order valence-corrected chi connectivity index (χ4v) is 7.89. The van der Waals surface area contributed by atoms with E-state index >= 15 is 0 Å². The smallest absolute Gasteiger partial charge is 0.306 e. The lowest BCUT2D eigenvalue weighted by molar-refractivity contribution is -0.305. The van der Waals surface area contributed by atoms with E-state index in [2.05, 4.69) is 26.0 Å². The Morgan fingerprint density at radius 1 is 0.500 bits per heavy atom. The average Bonchev–Trinajstić information content (AvgIpc) is 3.25. The maximum absolute atomic E-state index is 12.8. The molecule has 1 aliphatic rings. The zero-order valence-corrected chi connectivity index (χ0v) is 38.7. The number of ether oxygens (including phenoxy) is 4. The highest BCUT2D eigenvalue weighted by atomic mass is 16.7. The molecule has 0 aromatic rings. The molecule has 60 heavy (non-hydrogen) atoms. The second-order valence-electron chi connectivity index (χ2n) is 17.6. The van der Waals surface area contributed by atoms with Crippen molar-refractivity contribution < 1.29 is 49.0 Å². The van der Waals surface area contributed by atoms with Gasteiger partial charge in [0.25, 0.3) is 0 Å². The first-order valence-corrected chi connectivity index (χ1v) is 25.3. The van der Waals surface area contributed by atoms with Crippen LogP contribution in [0.3, 0.4) is 0 Å². The van der Waals surface area contributed by atoms with Crippen LogP contribution in [-0.4, -0.2) is 89.0 Å². The van der Waals surface area contributed by atoms with Gasteiger partial charge in [-0.15, -0.1) is 0 Å². The van der Waals surface area contributed by atoms with Crippen molar-refractivity contribution in [3.63, 3.8) is 0 Å². The largest absolute Gasteiger partial charge is 0.462 e. The molecule has 1 aliphatic heterocycles. The van der Waals surface area contributed by atoms with E-state index in [0.717, 1.165) is 51.4 Å². The maximum atomic E-state index is 12.8. The Morgan fingerprint density at radius 2 is 0.883 bits per heavy atom. The maximum Gasteiger partial charge on any atom is 0.306 e. The van der Waals surface area contributed by atoms with Gasteiger partial charge in [0.2, 0.25) is 0 Å². The molecular weight excluding hydrogens is 761 g/mol. The molecule has 1 saturated heterocycles. The third-order valence-corrected chi connectivity index (χ3v) is 11.9. The summed E-state index contributed by atoms with van der Waals surface area (Å²) in [7, 11) is 0. The number of hydrogen-bond donors (Lipinski definition) is 4. The van der Waals surface area contributed by atoms with Gasteiger partial charge in [-0.2, -0.15) is 0 Å². The zero-order chi connectivity index (χ0) is 43.7. The summed E-state index contributed by atoms with van der Waals surface area (Å²) in [6.45, 7) is 3.45. The molecule has 0 saturated carbocycles. The third-order valence-electron chi connectivity index (χ3n) is 11.9. The minimum absolute atomic E-state index is 0.215. The summed E-state index contributed by atoms with van der Waals surface area (Å²) in [6, 6.07) is 0. The fourth-order valence-electron chi connectivity index (χ4n) is 7.89. The number of carbonyl (C=O) groups excluding carboxylic acids is 2. The summed E-state index contributed by atoms with van der Waals surface area (Å²) >= 11 is 0. The summed E-state index contributed by atoms with van der Waals surface area (Å²) in [5.41, 5.74) is 0. The summed E-state index contributed by atoms with van der Waals surface area (Å²) < 4.78 is 22.2. The molecular formula is C50H94O10. The van der Waals surface area contributed by atoms with E-state index in [-0.39, 0.29) is 32.0 Å². The highest BCUT2D eigenvalue weighted by Gasteiger charge is 2.44. The van der Waals surface area contributed by atoms with E-state index in [0.29, 0.717) is 6.42 Å². The first-order valence-electron chi connectivity index (χ1n) is 25.3. The Hall–Kier alpha value is -1.56. The lowest BCUT2D eigenvalue weighted by Gasteiger charge is -2.39. The number of aliphatic hydroxyl groups is 4. The number of allylic oxidation sites excluding steroid dienone is 2. The van der Waals surface area contributed by atoms with Crippen molar-refractivity contribution in [3.05, 3.63) is 12.2 Å². The van der Waals surface area contributed by atoms with Crippen LogP contribution in [0.15, 0.2) is 12.2 Å². The molecule has 6 atom stereocenters. The topological polar surface area (TPSA) is 152 Å². The molecule has 0 spiro atoms.